The number of aliphatic hydroxyl groups excluding tert-OH is 1. The fourth-order valence-electron chi connectivity index (χ4n) is 2.55. The standard InChI is InChI=1S/C15H19N3O/c16-12-3-4-13(14-11(12)2-1-8-17-14)18-10-15(5-6-15)7-9-19/h1-4,8,18-19H,5-7,9-10,16H2. The van der Waals surface area contributed by atoms with Crippen molar-refractivity contribution < 1.29 is 5.11 Å². The van der Waals surface area contributed by atoms with Crippen molar-refractivity contribution in [2.75, 3.05) is 24.2 Å². The topological polar surface area (TPSA) is 71.2 Å². The Hall–Kier alpha value is -1.81. The number of fused-ring (bicyclic) bond motifs is 1. The lowest BCUT2D eigenvalue weighted by molar-refractivity contribution is 0.253. The molecule has 0 aliphatic heterocycles. The molecule has 1 saturated carbocycles. The number of benzene rings is 1. The lowest BCUT2D eigenvalue weighted by atomic mass is 10.0. The van der Waals surface area contributed by atoms with E-state index < -0.39 is 0 Å². The van der Waals surface area contributed by atoms with Gasteiger partial charge in [0.25, 0.3) is 0 Å². The van der Waals surface area contributed by atoms with Crippen LogP contribution < -0.4 is 11.1 Å². The molecular formula is C15H19N3O. The van der Waals surface area contributed by atoms with Crippen molar-refractivity contribution in [1.29, 1.82) is 0 Å². The average molecular weight is 257 g/mol. The first-order valence-electron chi connectivity index (χ1n) is 6.72. The molecule has 0 atom stereocenters. The zero-order chi connectivity index (χ0) is 13.3. The zero-order valence-corrected chi connectivity index (χ0v) is 10.9. The second-order valence-electron chi connectivity index (χ2n) is 5.43. The molecule has 0 bridgehead atoms. The Morgan fingerprint density at radius 3 is 2.89 bits per heavy atom. The zero-order valence-electron chi connectivity index (χ0n) is 10.9. The Kier molecular flexibility index (Phi) is 3.03. The summed E-state index contributed by atoms with van der Waals surface area (Å²) in [6, 6.07) is 7.79. The van der Waals surface area contributed by atoms with Crippen LogP contribution in [0.3, 0.4) is 0 Å². The molecule has 19 heavy (non-hydrogen) atoms. The summed E-state index contributed by atoms with van der Waals surface area (Å²) in [5, 5.41) is 13.5. The third-order valence-corrected chi connectivity index (χ3v) is 4.06. The van der Waals surface area contributed by atoms with Gasteiger partial charge in [0.1, 0.15) is 0 Å². The highest BCUT2D eigenvalue weighted by atomic mass is 16.3. The van der Waals surface area contributed by atoms with Gasteiger partial charge in [-0.15, -0.1) is 0 Å². The smallest absolute Gasteiger partial charge is 0.0953 e. The van der Waals surface area contributed by atoms with Gasteiger partial charge in [-0.2, -0.15) is 0 Å². The second kappa shape index (κ2) is 4.70. The lowest BCUT2D eigenvalue weighted by Crippen LogP contribution is -2.17. The van der Waals surface area contributed by atoms with Crippen LogP contribution >= 0.6 is 0 Å². The summed E-state index contributed by atoms with van der Waals surface area (Å²) in [5.41, 5.74) is 8.95. The second-order valence-corrected chi connectivity index (χ2v) is 5.43. The molecule has 4 nitrogen and oxygen atoms in total. The van der Waals surface area contributed by atoms with Crippen molar-refractivity contribution in [1.82, 2.24) is 4.98 Å². The number of hydrogen-bond acceptors (Lipinski definition) is 4. The summed E-state index contributed by atoms with van der Waals surface area (Å²) in [5.74, 6) is 0. The number of aliphatic hydroxyl groups is 1. The van der Waals surface area contributed by atoms with Crippen LogP contribution in [0.4, 0.5) is 11.4 Å². The van der Waals surface area contributed by atoms with Crippen LogP contribution in [-0.4, -0.2) is 23.2 Å². The van der Waals surface area contributed by atoms with Gasteiger partial charge in [0.15, 0.2) is 0 Å². The number of pyridine rings is 1. The molecule has 0 amide bonds. The number of nitrogens with zero attached hydrogens (tertiary/aromatic N) is 1. The third-order valence-electron chi connectivity index (χ3n) is 4.06. The molecule has 1 aliphatic carbocycles. The molecule has 4 N–H and O–H groups in total. The minimum absolute atomic E-state index is 0.266. The highest BCUT2D eigenvalue weighted by molar-refractivity contribution is 5.98. The largest absolute Gasteiger partial charge is 0.398 e. The van der Waals surface area contributed by atoms with Crippen LogP contribution in [0.1, 0.15) is 19.3 Å². The summed E-state index contributed by atoms with van der Waals surface area (Å²) in [7, 11) is 0. The Balaban J connectivity index is 1.84. The molecule has 1 aliphatic rings. The Bertz CT molecular complexity index is 593. The highest BCUT2D eigenvalue weighted by Crippen LogP contribution is 2.48. The molecular weight excluding hydrogens is 238 g/mol. The van der Waals surface area contributed by atoms with E-state index >= 15 is 0 Å². The molecule has 3 rings (SSSR count). The monoisotopic (exact) mass is 257 g/mol. The van der Waals surface area contributed by atoms with Gasteiger partial charge in [0.2, 0.25) is 0 Å². The summed E-state index contributed by atoms with van der Waals surface area (Å²) < 4.78 is 0. The molecule has 1 aromatic heterocycles. The maximum absolute atomic E-state index is 9.09. The van der Waals surface area contributed by atoms with Crippen LogP contribution in [0, 0.1) is 5.41 Å². The van der Waals surface area contributed by atoms with Crippen LogP contribution in [0.5, 0.6) is 0 Å². The fraction of sp³-hybridized carbons (Fsp3) is 0.400. The lowest BCUT2D eigenvalue weighted by Gasteiger charge is -2.16. The van der Waals surface area contributed by atoms with E-state index in [0.717, 1.165) is 35.2 Å². The summed E-state index contributed by atoms with van der Waals surface area (Å²) >= 11 is 0. The van der Waals surface area contributed by atoms with E-state index in [1.54, 1.807) is 6.20 Å². The van der Waals surface area contributed by atoms with Crippen LogP contribution in [0.15, 0.2) is 30.5 Å². The first-order chi connectivity index (χ1) is 9.24. The molecule has 100 valence electrons. The van der Waals surface area contributed by atoms with Crippen molar-refractivity contribution in [3.63, 3.8) is 0 Å². The minimum atomic E-state index is 0.266. The summed E-state index contributed by atoms with van der Waals surface area (Å²) in [4.78, 5) is 4.42. The van der Waals surface area contributed by atoms with E-state index in [9.17, 15) is 0 Å². The van der Waals surface area contributed by atoms with E-state index in [1.807, 2.05) is 24.3 Å². The molecule has 2 aromatic rings. The van der Waals surface area contributed by atoms with E-state index in [4.69, 9.17) is 10.8 Å². The van der Waals surface area contributed by atoms with Crippen LogP contribution in [-0.2, 0) is 0 Å². The van der Waals surface area contributed by atoms with E-state index in [0.29, 0.717) is 0 Å². The molecule has 0 unspecified atom stereocenters. The summed E-state index contributed by atoms with van der Waals surface area (Å²) in [6.45, 7) is 1.16. The maximum Gasteiger partial charge on any atom is 0.0953 e. The van der Waals surface area contributed by atoms with Gasteiger partial charge < -0.3 is 16.2 Å². The van der Waals surface area contributed by atoms with Gasteiger partial charge in [0, 0.05) is 30.4 Å². The number of rotatable bonds is 5. The van der Waals surface area contributed by atoms with E-state index in [1.165, 1.54) is 12.8 Å². The quantitative estimate of drug-likeness (QED) is 0.719. The number of hydrogen-bond donors (Lipinski definition) is 3. The van der Waals surface area contributed by atoms with E-state index in [-0.39, 0.29) is 12.0 Å². The molecule has 4 heteroatoms. The minimum Gasteiger partial charge on any atom is -0.398 e. The van der Waals surface area contributed by atoms with Gasteiger partial charge in [-0.3, -0.25) is 4.98 Å². The Morgan fingerprint density at radius 1 is 1.32 bits per heavy atom. The van der Waals surface area contributed by atoms with Crippen LogP contribution in [0.25, 0.3) is 10.9 Å². The number of nitrogens with two attached hydrogens (primary N) is 1. The number of nitrogens with one attached hydrogen (secondary N) is 1. The van der Waals surface area contributed by atoms with Crippen molar-refractivity contribution in [3.8, 4) is 0 Å². The van der Waals surface area contributed by atoms with Crippen molar-refractivity contribution in [2.24, 2.45) is 5.41 Å². The van der Waals surface area contributed by atoms with Crippen molar-refractivity contribution >= 4 is 22.3 Å². The van der Waals surface area contributed by atoms with Gasteiger partial charge in [0.05, 0.1) is 11.2 Å². The number of aromatic nitrogens is 1. The Morgan fingerprint density at radius 2 is 2.16 bits per heavy atom. The van der Waals surface area contributed by atoms with Gasteiger partial charge in [-0.25, -0.2) is 0 Å². The maximum atomic E-state index is 9.09. The normalized spacial score (nSPS) is 16.5. The van der Waals surface area contributed by atoms with Crippen molar-refractivity contribution in [2.45, 2.75) is 19.3 Å². The highest BCUT2D eigenvalue weighted by Gasteiger charge is 2.41. The van der Waals surface area contributed by atoms with Gasteiger partial charge in [-0.1, -0.05) is 0 Å². The molecule has 1 heterocycles. The predicted octanol–water partition coefficient (Wildman–Crippen LogP) is 2.39. The molecule has 1 aromatic carbocycles. The van der Waals surface area contributed by atoms with Gasteiger partial charge in [-0.05, 0) is 48.9 Å². The molecule has 0 saturated heterocycles. The molecule has 1 fully saturated rings. The predicted molar refractivity (Wildman–Crippen MR) is 78.0 cm³/mol. The number of anilines is 2. The van der Waals surface area contributed by atoms with Gasteiger partial charge >= 0.3 is 0 Å². The average Bonchev–Trinajstić information content (AvgIpc) is 3.19. The fourth-order valence-corrected chi connectivity index (χ4v) is 2.55. The van der Waals surface area contributed by atoms with Crippen molar-refractivity contribution in [3.05, 3.63) is 30.5 Å². The van der Waals surface area contributed by atoms with Crippen LogP contribution in [0.2, 0.25) is 0 Å². The summed E-state index contributed by atoms with van der Waals surface area (Å²) in [6.07, 6.45) is 5.05. The number of nitrogen functional groups attached to an aromatic ring is 1. The SMILES string of the molecule is Nc1ccc(NCC2(CCO)CC2)c2ncccc12. The first-order valence-corrected chi connectivity index (χ1v) is 6.72. The Labute approximate surface area is 112 Å². The molecule has 0 spiro atoms. The van der Waals surface area contributed by atoms with E-state index in [2.05, 4.69) is 10.3 Å². The third kappa shape index (κ3) is 2.36. The first kappa shape index (κ1) is 12.2. The molecule has 0 radical (unpaired) electrons.